The van der Waals surface area contributed by atoms with Crippen LogP contribution < -0.4 is 10.1 Å². The molecule has 0 unspecified atom stereocenters. The SMILES string of the molecule is COc1ccc(-c2c(NC=C(C#N)C#N)cccc2C(=O)O)cc1. The van der Waals surface area contributed by atoms with Gasteiger partial charge in [0.05, 0.1) is 12.7 Å². The van der Waals surface area contributed by atoms with Crippen molar-refractivity contribution in [3.8, 4) is 29.0 Å². The Bertz CT molecular complexity index is 856. The summed E-state index contributed by atoms with van der Waals surface area (Å²) in [4.78, 5) is 11.5. The highest BCUT2D eigenvalue weighted by Gasteiger charge is 2.15. The molecule has 6 heteroatoms. The molecule has 0 aliphatic heterocycles. The molecule has 0 atom stereocenters. The Morgan fingerprint density at radius 2 is 1.83 bits per heavy atom. The van der Waals surface area contributed by atoms with Gasteiger partial charge in [-0.3, -0.25) is 0 Å². The lowest BCUT2D eigenvalue weighted by Gasteiger charge is -2.13. The van der Waals surface area contributed by atoms with Gasteiger partial charge in [-0.25, -0.2) is 4.79 Å². The number of hydrogen-bond acceptors (Lipinski definition) is 5. The van der Waals surface area contributed by atoms with Crippen molar-refractivity contribution in [2.75, 3.05) is 12.4 Å². The van der Waals surface area contributed by atoms with E-state index in [4.69, 9.17) is 15.3 Å². The second-order valence-corrected chi connectivity index (χ2v) is 4.69. The number of carbonyl (C=O) groups is 1. The van der Waals surface area contributed by atoms with E-state index >= 15 is 0 Å². The number of nitriles is 2. The molecule has 0 amide bonds. The lowest BCUT2D eigenvalue weighted by molar-refractivity contribution is 0.0698. The standard InChI is InChI=1S/C18H13N3O3/c1-24-14-7-5-13(6-8-14)17-15(18(22)23)3-2-4-16(17)21-11-12(9-19)10-20/h2-8,11,21H,1H3,(H,22,23). The minimum atomic E-state index is -1.07. The molecule has 6 nitrogen and oxygen atoms in total. The van der Waals surface area contributed by atoms with Crippen LogP contribution in [0.1, 0.15) is 10.4 Å². The first kappa shape index (κ1) is 16.6. The summed E-state index contributed by atoms with van der Waals surface area (Å²) in [7, 11) is 1.54. The highest BCUT2D eigenvalue weighted by atomic mass is 16.5. The van der Waals surface area contributed by atoms with E-state index in [0.29, 0.717) is 22.6 Å². The summed E-state index contributed by atoms with van der Waals surface area (Å²) in [5.74, 6) is -0.425. The monoisotopic (exact) mass is 319 g/mol. The van der Waals surface area contributed by atoms with Gasteiger partial charge in [0.2, 0.25) is 0 Å². The average molecular weight is 319 g/mol. The quantitative estimate of drug-likeness (QED) is 0.818. The third kappa shape index (κ3) is 3.52. The van der Waals surface area contributed by atoms with Crippen molar-refractivity contribution in [1.82, 2.24) is 0 Å². The summed E-state index contributed by atoms with van der Waals surface area (Å²) in [5, 5.41) is 29.9. The number of nitrogens with zero attached hydrogens (tertiary/aromatic N) is 2. The van der Waals surface area contributed by atoms with Crippen molar-refractivity contribution in [3.05, 3.63) is 59.8 Å². The Kier molecular flexibility index (Phi) is 5.17. The second kappa shape index (κ2) is 7.48. The number of anilines is 1. The largest absolute Gasteiger partial charge is 0.497 e. The first-order valence-corrected chi connectivity index (χ1v) is 6.88. The minimum Gasteiger partial charge on any atom is -0.497 e. The number of rotatable bonds is 5. The summed E-state index contributed by atoms with van der Waals surface area (Å²) >= 11 is 0. The predicted molar refractivity (Wildman–Crippen MR) is 88.3 cm³/mol. The van der Waals surface area contributed by atoms with Crippen LogP contribution in [0.2, 0.25) is 0 Å². The van der Waals surface area contributed by atoms with Crippen LogP contribution in [0.4, 0.5) is 5.69 Å². The molecule has 0 aliphatic carbocycles. The van der Waals surface area contributed by atoms with E-state index < -0.39 is 5.97 Å². The van der Waals surface area contributed by atoms with Gasteiger partial charge in [0, 0.05) is 17.5 Å². The van der Waals surface area contributed by atoms with Gasteiger partial charge in [-0.05, 0) is 29.8 Å². The molecule has 0 heterocycles. The van der Waals surface area contributed by atoms with Crippen molar-refractivity contribution in [3.63, 3.8) is 0 Å². The molecule has 0 saturated heterocycles. The normalized spacial score (nSPS) is 9.29. The van der Waals surface area contributed by atoms with Crippen LogP contribution in [-0.4, -0.2) is 18.2 Å². The Balaban J connectivity index is 2.58. The molecule has 2 N–H and O–H groups in total. The van der Waals surface area contributed by atoms with Crippen LogP contribution in [0, 0.1) is 22.7 Å². The molecule has 0 saturated carbocycles. The third-order valence-electron chi connectivity index (χ3n) is 3.29. The smallest absolute Gasteiger partial charge is 0.336 e. The summed E-state index contributed by atoms with van der Waals surface area (Å²) in [6.45, 7) is 0. The molecule has 2 aromatic carbocycles. The Morgan fingerprint density at radius 1 is 1.17 bits per heavy atom. The number of carboxylic acids is 1. The lowest BCUT2D eigenvalue weighted by Crippen LogP contribution is -2.03. The van der Waals surface area contributed by atoms with Gasteiger partial charge < -0.3 is 15.2 Å². The average Bonchev–Trinajstić information content (AvgIpc) is 2.62. The van der Waals surface area contributed by atoms with E-state index in [0.717, 1.165) is 0 Å². The molecule has 0 fully saturated rings. The van der Waals surface area contributed by atoms with Gasteiger partial charge >= 0.3 is 5.97 Å². The molecule has 2 aromatic rings. The number of benzene rings is 2. The molecule has 0 spiro atoms. The summed E-state index contributed by atoms with van der Waals surface area (Å²) in [6.07, 6.45) is 1.24. The zero-order valence-corrected chi connectivity index (χ0v) is 12.8. The molecule has 0 aromatic heterocycles. The van der Waals surface area contributed by atoms with Gasteiger partial charge in [0.15, 0.2) is 0 Å². The number of nitrogens with one attached hydrogen (secondary N) is 1. The van der Waals surface area contributed by atoms with E-state index in [1.807, 2.05) is 0 Å². The third-order valence-corrected chi connectivity index (χ3v) is 3.29. The molecular formula is C18H13N3O3. The molecule has 2 rings (SSSR count). The Labute approximate surface area is 138 Å². The first-order valence-electron chi connectivity index (χ1n) is 6.88. The number of hydrogen-bond donors (Lipinski definition) is 2. The van der Waals surface area contributed by atoms with Crippen LogP contribution in [0.5, 0.6) is 5.75 Å². The van der Waals surface area contributed by atoms with E-state index in [-0.39, 0.29) is 11.1 Å². The maximum atomic E-state index is 11.5. The molecule has 118 valence electrons. The van der Waals surface area contributed by atoms with Crippen LogP contribution in [0.25, 0.3) is 11.1 Å². The van der Waals surface area contributed by atoms with Gasteiger partial charge in [0.25, 0.3) is 0 Å². The highest BCUT2D eigenvalue weighted by molar-refractivity contribution is 6.00. The van der Waals surface area contributed by atoms with Gasteiger partial charge in [0.1, 0.15) is 23.5 Å². The fourth-order valence-electron chi connectivity index (χ4n) is 2.16. The number of ether oxygens (including phenoxy) is 1. The summed E-state index contributed by atoms with van der Waals surface area (Å²) in [6, 6.07) is 15.2. The molecular weight excluding hydrogens is 306 g/mol. The van der Waals surface area contributed by atoms with Crippen LogP contribution in [0.15, 0.2) is 54.2 Å². The van der Waals surface area contributed by atoms with E-state index in [2.05, 4.69) is 5.32 Å². The fraction of sp³-hybridized carbons (Fsp3) is 0.0556. The van der Waals surface area contributed by atoms with Crippen molar-refractivity contribution in [2.24, 2.45) is 0 Å². The number of carboxylic acid groups (broad SMARTS) is 1. The summed E-state index contributed by atoms with van der Waals surface area (Å²) in [5.41, 5.74) is 1.59. The fourth-order valence-corrected chi connectivity index (χ4v) is 2.16. The van der Waals surface area contributed by atoms with Crippen LogP contribution in [-0.2, 0) is 0 Å². The first-order chi connectivity index (χ1) is 11.6. The van der Waals surface area contributed by atoms with Crippen molar-refractivity contribution < 1.29 is 14.6 Å². The highest BCUT2D eigenvalue weighted by Crippen LogP contribution is 2.33. The number of aromatic carboxylic acids is 1. The van der Waals surface area contributed by atoms with Crippen LogP contribution >= 0.6 is 0 Å². The Hall–Kier alpha value is -3.77. The molecule has 0 aliphatic rings. The van der Waals surface area contributed by atoms with Gasteiger partial charge in [-0.1, -0.05) is 18.2 Å². The predicted octanol–water partition coefficient (Wildman–Crippen LogP) is 3.40. The van der Waals surface area contributed by atoms with E-state index in [9.17, 15) is 9.90 Å². The van der Waals surface area contributed by atoms with Gasteiger partial charge in [-0.2, -0.15) is 10.5 Å². The zero-order valence-electron chi connectivity index (χ0n) is 12.8. The van der Waals surface area contributed by atoms with Crippen molar-refractivity contribution >= 4 is 11.7 Å². The van der Waals surface area contributed by atoms with E-state index in [1.54, 1.807) is 55.6 Å². The van der Waals surface area contributed by atoms with Crippen molar-refractivity contribution in [2.45, 2.75) is 0 Å². The van der Waals surface area contributed by atoms with Crippen molar-refractivity contribution in [1.29, 1.82) is 10.5 Å². The van der Waals surface area contributed by atoms with Gasteiger partial charge in [-0.15, -0.1) is 0 Å². The zero-order chi connectivity index (χ0) is 17.5. The minimum absolute atomic E-state index is 0.106. The van der Waals surface area contributed by atoms with Crippen LogP contribution in [0.3, 0.4) is 0 Å². The summed E-state index contributed by atoms with van der Waals surface area (Å²) < 4.78 is 5.11. The maximum absolute atomic E-state index is 11.5. The molecule has 0 bridgehead atoms. The second-order valence-electron chi connectivity index (χ2n) is 4.69. The number of methoxy groups -OCH3 is 1. The molecule has 0 radical (unpaired) electrons. The lowest BCUT2D eigenvalue weighted by atomic mass is 9.97. The molecule has 24 heavy (non-hydrogen) atoms. The number of allylic oxidation sites excluding steroid dienone is 1. The maximum Gasteiger partial charge on any atom is 0.336 e. The van der Waals surface area contributed by atoms with E-state index in [1.165, 1.54) is 12.3 Å². The topological polar surface area (TPSA) is 106 Å². The Morgan fingerprint density at radius 3 is 2.38 bits per heavy atom.